The lowest BCUT2D eigenvalue weighted by atomic mass is 10.2. The zero-order valence-corrected chi connectivity index (χ0v) is 9.32. The molecule has 1 heterocycles. The summed E-state index contributed by atoms with van der Waals surface area (Å²) in [6.07, 6.45) is 1.56. The molecule has 0 aliphatic heterocycles. The van der Waals surface area contributed by atoms with E-state index in [0.717, 1.165) is 11.3 Å². The van der Waals surface area contributed by atoms with Crippen molar-refractivity contribution in [2.75, 3.05) is 0 Å². The van der Waals surface area contributed by atoms with E-state index >= 15 is 0 Å². The van der Waals surface area contributed by atoms with Crippen LogP contribution in [-0.4, -0.2) is 9.55 Å². The predicted molar refractivity (Wildman–Crippen MR) is 59.5 cm³/mol. The summed E-state index contributed by atoms with van der Waals surface area (Å²) in [7, 11) is 1.81. The molecule has 0 saturated carbocycles. The van der Waals surface area contributed by atoms with E-state index in [-0.39, 0.29) is 0 Å². The number of halogens is 1. The van der Waals surface area contributed by atoms with Gasteiger partial charge in [0.05, 0.1) is 6.20 Å². The Hall–Kier alpha value is -1.48. The smallest absolute Gasteiger partial charge is 0.302 e. The van der Waals surface area contributed by atoms with Crippen molar-refractivity contribution in [3.05, 3.63) is 41.2 Å². The van der Waals surface area contributed by atoms with Crippen LogP contribution < -0.4 is 4.74 Å². The normalized spacial score (nSPS) is 10.3. The summed E-state index contributed by atoms with van der Waals surface area (Å²) in [4.78, 5) is 4.05. The van der Waals surface area contributed by atoms with Crippen LogP contribution in [0.15, 0.2) is 30.5 Å². The second kappa shape index (κ2) is 3.95. The molecule has 0 aliphatic carbocycles. The molecule has 2 aromatic rings. The van der Waals surface area contributed by atoms with E-state index in [9.17, 15) is 0 Å². The van der Waals surface area contributed by atoms with Crippen molar-refractivity contribution >= 4 is 11.6 Å². The highest BCUT2D eigenvalue weighted by molar-refractivity contribution is 6.29. The number of imidazole rings is 1. The standard InChI is InChI=1S/C11H11ClN2O/c1-8-4-3-5-9(6-8)15-11-13-7-10(12)14(11)2/h3-7H,1-2H3. The third-order valence-electron chi connectivity index (χ3n) is 2.09. The van der Waals surface area contributed by atoms with Crippen molar-refractivity contribution in [1.29, 1.82) is 0 Å². The average molecular weight is 223 g/mol. The number of nitrogens with zero attached hydrogens (tertiary/aromatic N) is 2. The first-order chi connectivity index (χ1) is 7.16. The summed E-state index contributed by atoms with van der Waals surface area (Å²) in [5, 5.41) is 0.553. The summed E-state index contributed by atoms with van der Waals surface area (Å²) in [6.45, 7) is 2.01. The van der Waals surface area contributed by atoms with Crippen LogP contribution >= 0.6 is 11.6 Å². The second-order valence-electron chi connectivity index (χ2n) is 3.34. The predicted octanol–water partition coefficient (Wildman–Crippen LogP) is 3.17. The third-order valence-corrected chi connectivity index (χ3v) is 2.44. The molecule has 4 heteroatoms. The van der Waals surface area contributed by atoms with E-state index in [4.69, 9.17) is 16.3 Å². The van der Waals surface area contributed by atoms with Crippen LogP contribution in [0.1, 0.15) is 5.56 Å². The van der Waals surface area contributed by atoms with Crippen molar-refractivity contribution in [3.63, 3.8) is 0 Å². The Kier molecular flexibility index (Phi) is 2.64. The molecule has 0 radical (unpaired) electrons. The Morgan fingerprint density at radius 2 is 2.20 bits per heavy atom. The molecule has 0 aliphatic rings. The fourth-order valence-corrected chi connectivity index (χ4v) is 1.37. The van der Waals surface area contributed by atoms with E-state index < -0.39 is 0 Å². The van der Waals surface area contributed by atoms with Crippen LogP contribution in [0.3, 0.4) is 0 Å². The maximum absolute atomic E-state index is 5.85. The quantitative estimate of drug-likeness (QED) is 0.781. The van der Waals surface area contributed by atoms with E-state index in [1.165, 1.54) is 0 Å². The van der Waals surface area contributed by atoms with Crippen LogP contribution in [0, 0.1) is 6.92 Å². The molecule has 1 aromatic carbocycles. The van der Waals surface area contributed by atoms with Crippen LogP contribution in [0.5, 0.6) is 11.8 Å². The molecule has 0 unspecified atom stereocenters. The summed E-state index contributed by atoms with van der Waals surface area (Å²) < 4.78 is 7.26. The van der Waals surface area contributed by atoms with Crippen molar-refractivity contribution < 1.29 is 4.74 Å². The maximum atomic E-state index is 5.85. The molecule has 2 rings (SSSR count). The monoisotopic (exact) mass is 222 g/mol. The zero-order valence-electron chi connectivity index (χ0n) is 8.57. The van der Waals surface area contributed by atoms with Gasteiger partial charge in [0.15, 0.2) is 0 Å². The number of benzene rings is 1. The highest BCUT2D eigenvalue weighted by Crippen LogP contribution is 2.22. The van der Waals surface area contributed by atoms with E-state index in [1.54, 1.807) is 17.8 Å². The summed E-state index contributed by atoms with van der Waals surface area (Å²) in [5.74, 6) is 0.764. The van der Waals surface area contributed by atoms with Gasteiger partial charge in [0.2, 0.25) is 0 Å². The molecule has 0 spiro atoms. The Morgan fingerprint density at radius 1 is 1.40 bits per heavy atom. The van der Waals surface area contributed by atoms with Crippen molar-refractivity contribution in [1.82, 2.24) is 9.55 Å². The number of aryl methyl sites for hydroxylation is 1. The van der Waals surface area contributed by atoms with Crippen molar-refractivity contribution in [3.8, 4) is 11.8 Å². The first-order valence-electron chi connectivity index (χ1n) is 4.58. The molecule has 0 amide bonds. The molecular formula is C11H11ClN2O. The topological polar surface area (TPSA) is 27.1 Å². The number of ether oxygens (including phenoxy) is 1. The van der Waals surface area contributed by atoms with Crippen LogP contribution in [0.4, 0.5) is 0 Å². The van der Waals surface area contributed by atoms with Crippen LogP contribution in [0.2, 0.25) is 5.15 Å². The Bertz CT molecular complexity index is 479. The molecule has 15 heavy (non-hydrogen) atoms. The third kappa shape index (κ3) is 2.13. The average Bonchev–Trinajstić information content (AvgIpc) is 2.50. The first-order valence-corrected chi connectivity index (χ1v) is 4.96. The number of rotatable bonds is 2. The van der Waals surface area contributed by atoms with E-state index in [0.29, 0.717) is 11.2 Å². The lowest BCUT2D eigenvalue weighted by Crippen LogP contribution is -1.94. The minimum atomic E-state index is 0.491. The van der Waals surface area contributed by atoms with Crippen LogP contribution in [-0.2, 0) is 7.05 Å². The molecule has 1 aromatic heterocycles. The van der Waals surface area contributed by atoms with Crippen LogP contribution in [0.25, 0.3) is 0 Å². The van der Waals surface area contributed by atoms with E-state index in [2.05, 4.69) is 4.98 Å². The maximum Gasteiger partial charge on any atom is 0.302 e. The fraction of sp³-hybridized carbons (Fsp3) is 0.182. The summed E-state index contributed by atoms with van der Waals surface area (Å²) >= 11 is 5.85. The van der Waals surface area contributed by atoms with E-state index in [1.807, 2.05) is 31.2 Å². The molecule has 0 bridgehead atoms. The molecule has 0 N–H and O–H groups in total. The first kappa shape index (κ1) is 10.1. The molecule has 0 atom stereocenters. The van der Waals surface area contributed by atoms with Gasteiger partial charge < -0.3 is 4.74 Å². The Morgan fingerprint density at radius 3 is 2.80 bits per heavy atom. The lowest BCUT2D eigenvalue weighted by molar-refractivity contribution is 0.424. The lowest BCUT2D eigenvalue weighted by Gasteiger charge is -2.05. The van der Waals surface area contributed by atoms with Crippen molar-refractivity contribution in [2.24, 2.45) is 7.05 Å². The molecule has 3 nitrogen and oxygen atoms in total. The van der Waals surface area contributed by atoms with Gasteiger partial charge in [-0.1, -0.05) is 23.7 Å². The van der Waals surface area contributed by atoms with Gasteiger partial charge in [0.1, 0.15) is 10.9 Å². The molecular weight excluding hydrogens is 212 g/mol. The summed E-state index contributed by atoms with van der Waals surface area (Å²) in [6, 6.07) is 8.27. The van der Waals surface area contributed by atoms with Gasteiger partial charge in [-0.2, -0.15) is 0 Å². The zero-order chi connectivity index (χ0) is 10.8. The SMILES string of the molecule is Cc1cccc(Oc2ncc(Cl)n2C)c1. The Labute approximate surface area is 93.3 Å². The number of aromatic nitrogens is 2. The van der Waals surface area contributed by atoms with Gasteiger partial charge in [-0.05, 0) is 24.6 Å². The van der Waals surface area contributed by atoms with Crippen molar-refractivity contribution in [2.45, 2.75) is 6.92 Å². The van der Waals surface area contributed by atoms with Gasteiger partial charge in [-0.25, -0.2) is 4.98 Å². The number of hydrogen-bond acceptors (Lipinski definition) is 2. The fourth-order valence-electron chi connectivity index (χ4n) is 1.25. The molecule has 0 saturated heterocycles. The highest BCUT2D eigenvalue weighted by atomic mass is 35.5. The second-order valence-corrected chi connectivity index (χ2v) is 3.73. The number of hydrogen-bond donors (Lipinski definition) is 0. The highest BCUT2D eigenvalue weighted by Gasteiger charge is 2.06. The molecule has 0 fully saturated rings. The minimum absolute atomic E-state index is 0.491. The molecule has 78 valence electrons. The van der Waals surface area contributed by atoms with Gasteiger partial charge in [-0.3, -0.25) is 4.57 Å². The van der Waals surface area contributed by atoms with Gasteiger partial charge in [0, 0.05) is 7.05 Å². The van der Waals surface area contributed by atoms with Gasteiger partial charge >= 0.3 is 6.01 Å². The largest absolute Gasteiger partial charge is 0.425 e. The minimum Gasteiger partial charge on any atom is -0.425 e. The summed E-state index contributed by atoms with van der Waals surface area (Å²) in [5.41, 5.74) is 1.15. The Balaban J connectivity index is 2.26. The van der Waals surface area contributed by atoms with Gasteiger partial charge in [0.25, 0.3) is 0 Å². The van der Waals surface area contributed by atoms with Gasteiger partial charge in [-0.15, -0.1) is 0 Å².